The van der Waals surface area contributed by atoms with Gasteiger partial charge in [-0.3, -0.25) is 14.4 Å². The van der Waals surface area contributed by atoms with Gasteiger partial charge in [0.15, 0.2) is 11.6 Å². The van der Waals surface area contributed by atoms with E-state index in [1.165, 1.54) is 6.08 Å². The molecule has 182 valence electrons. The summed E-state index contributed by atoms with van der Waals surface area (Å²) in [6.07, 6.45) is 1.59. The highest BCUT2D eigenvalue weighted by atomic mass is 35.5. The minimum atomic E-state index is -1.58. The lowest BCUT2D eigenvalue weighted by Gasteiger charge is -2.57. The molecular weight excluding hydrogens is 451 g/mol. The second-order valence-electron chi connectivity index (χ2n) is 11.6. The molecule has 0 aromatic carbocycles. The number of carbonyl (C=O) groups is 3. The smallest absolute Gasteiger partial charge is 0.303 e. The van der Waals surface area contributed by atoms with E-state index in [1.54, 1.807) is 0 Å². The summed E-state index contributed by atoms with van der Waals surface area (Å²) in [7, 11) is 0. The minimum Gasteiger partial charge on any atom is -0.481 e. The minimum absolute atomic E-state index is 0.110. The molecule has 4 aliphatic carbocycles. The molecule has 4 fully saturated rings. The van der Waals surface area contributed by atoms with Crippen LogP contribution in [0.25, 0.3) is 0 Å². The highest BCUT2D eigenvalue weighted by Gasteiger charge is 2.83. The monoisotopic (exact) mass is 482 g/mol. The Morgan fingerprint density at radius 2 is 1.94 bits per heavy atom. The Bertz CT molecular complexity index is 967. The van der Waals surface area contributed by atoms with Gasteiger partial charge in [-0.05, 0) is 61.5 Å². The summed E-state index contributed by atoms with van der Waals surface area (Å²) in [5, 5.41) is 20.8. The summed E-state index contributed by atoms with van der Waals surface area (Å²) in [6.45, 7) is 5.77. The molecule has 1 heterocycles. The highest BCUT2D eigenvalue weighted by molar-refractivity contribution is 6.29. The number of carbonyl (C=O) groups excluding carboxylic acids is 2. The summed E-state index contributed by atoms with van der Waals surface area (Å²) in [5.74, 6) is -2.90. The molecule has 1 saturated heterocycles. The van der Waals surface area contributed by atoms with E-state index < -0.39 is 40.1 Å². The average molecular weight is 483 g/mol. The van der Waals surface area contributed by atoms with Crippen LogP contribution in [0.2, 0.25) is 0 Å². The molecule has 5 aliphatic rings. The first-order valence-electron chi connectivity index (χ1n) is 12.0. The quantitative estimate of drug-likeness (QED) is 0.459. The van der Waals surface area contributed by atoms with Gasteiger partial charge in [0.2, 0.25) is 0 Å². The predicted octanol–water partition coefficient (Wildman–Crippen LogP) is 3.47. The Morgan fingerprint density at radius 1 is 1.24 bits per heavy atom. The summed E-state index contributed by atoms with van der Waals surface area (Å²) >= 11 is 5.90. The number of fused-ring (bicyclic) bond motifs is 3. The maximum Gasteiger partial charge on any atom is 0.303 e. The van der Waals surface area contributed by atoms with Crippen molar-refractivity contribution in [2.24, 2.45) is 34.5 Å². The number of aliphatic carboxylic acids is 1. The number of hydrogen-bond acceptors (Lipinski definition) is 5. The van der Waals surface area contributed by atoms with Crippen LogP contribution in [-0.2, 0) is 19.1 Å². The van der Waals surface area contributed by atoms with Crippen molar-refractivity contribution in [1.29, 1.82) is 0 Å². The Hall–Kier alpha value is -1.31. The third kappa shape index (κ3) is 2.70. The number of epoxide rings is 1. The standard InChI is InChI=1S/C25H32ClFO6/c1-12-6-14-15-7-17(27)16-8-18(28)13(4-5-21(30)31)9-23(16,3)25(15)20(33-25)10-22(14,2)24(12,32)19(29)11-26/h8,12-15,17,20,32H,4-7,9-11H2,1-3H3,(H,30,31)/t12-,13?,14-,15-,17-,20?,22-,23-,24-,25?/m0/s1. The van der Waals surface area contributed by atoms with Crippen LogP contribution >= 0.6 is 11.6 Å². The van der Waals surface area contributed by atoms with Crippen LogP contribution in [0.4, 0.5) is 4.39 Å². The molecular formula is C25H32ClFO6. The number of hydrogen-bond donors (Lipinski definition) is 2. The van der Waals surface area contributed by atoms with Gasteiger partial charge in [-0.1, -0.05) is 20.8 Å². The van der Waals surface area contributed by atoms with Crippen LogP contribution in [0.1, 0.15) is 59.3 Å². The van der Waals surface area contributed by atoms with E-state index in [2.05, 4.69) is 0 Å². The van der Waals surface area contributed by atoms with Gasteiger partial charge in [0.1, 0.15) is 17.4 Å². The molecule has 3 saturated carbocycles. The van der Waals surface area contributed by atoms with E-state index in [9.17, 15) is 19.5 Å². The SMILES string of the molecule is C[C@H]1C[C@H]2[C@@H]3C[C@H](F)C4=CC(=O)C(CCC(=O)O)C[C@]4(C)C34OC4C[C@]2(C)[C@@]1(O)C(=O)CCl. The number of ketones is 2. The van der Waals surface area contributed by atoms with Crippen LogP contribution in [0.5, 0.6) is 0 Å². The molecule has 3 unspecified atom stereocenters. The maximum atomic E-state index is 15.7. The zero-order valence-electron chi connectivity index (χ0n) is 19.3. The van der Waals surface area contributed by atoms with Crippen LogP contribution in [0.3, 0.4) is 0 Å². The van der Waals surface area contributed by atoms with Crippen molar-refractivity contribution in [2.75, 3.05) is 5.88 Å². The van der Waals surface area contributed by atoms with E-state index in [0.717, 1.165) is 0 Å². The fourth-order valence-corrected chi connectivity index (χ4v) is 8.96. The fourth-order valence-electron chi connectivity index (χ4n) is 8.76. The van der Waals surface area contributed by atoms with Crippen molar-refractivity contribution in [2.45, 2.75) is 82.8 Å². The second kappa shape index (κ2) is 7.11. The van der Waals surface area contributed by atoms with Crippen LogP contribution in [-0.4, -0.2) is 57.1 Å². The Labute approximate surface area is 197 Å². The lowest BCUT2D eigenvalue weighted by Crippen LogP contribution is -2.64. The number of ether oxygens (including phenoxy) is 1. The number of alkyl halides is 2. The molecule has 0 aromatic heterocycles. The summed E-state index contributed by atoms with van der Waals surface area (Å²) in [6, 6.07) is 0. The van der Waals surface area contributed by atoms with Crippen molar-refractivity contribution >= 4 is 29.1 Å². The average Bonchev–Trinajstić information content (AvgIpc) is 3.44. The number of Topliss-reactive ketones (excluding diaryl/α,β-unsaturated/α-hetero) is 1. The molecule has 0 aromatic rings. The predicted molar refractivity (Wildman–Crippen MR) is 117 cm³/mol. The third-order valence-corrected chi connectivity index (χ3v) is 10.6. The van der Waals surface area contributed by atoms with Crippen molar-refractivity contribution in [3.63, 3.8) is 0 Å². The van der Waals surface area contributed by atoms with Gasteiger partial charge < -0.3 is 14.9 Å². The van der Waals surface area contributed by atoms with E-state index in [4.69, 9.17) is 21.4 Å². The first-order valence-corrected chi connectivity index (χ1v) is 12.5. The van der Waals surface area contributed by atoms with Crippen molar-refractivity contribution < 1.29 is 33.7 Å². The highest BCUT2D eigenvalue weighted by Crippen LogP contribution is 2.77. The molecule has 0 amide bonds. The fraction of sp³-hybridized carbons (Fsp3) is 0.800. The van der Waals surface area contributed by atoms with Gasteiger partial charge in [-0.2, -0.15) is 0 Å². The Morgan fingerprint density at radius 3 is 2.58 bits per heavy atom. The zero-order chi connectivity index (χ0) is 24.1. The first kappa shape index (κ1) is 23.4. The molecule has 1 spiro atoms. The summed E-state index contributed by atoms with van der Waals surface area (Å²) < 4.78 is 22.2. The largest absolute Gasteiger partial charge is 0.481 e. The normalized spacial score (nSPS) is 52.2. The second-order valence-corrected chi connectivity index (χ2v) is 11.8. The number of aliphatic hydroxyl groups is 1. The van der Waals surface area contributed by atoms with Gasteiger partial charge in [0.05, 0.1) is 12.0 Å². The summed E-state index contributed by atoms with van der Waals surface area (Å²) in [5.41, 5.74) is -3.24. The lowest BCUT2D eigenvalue weighted by atomic mass is 9.45. The number of rotatable bonds is 5. The Balaban J connectivity index is 1.55. The lowest BCUT2D eigenvalue weighted by molar-refractivity contribution is -0.162. The van der Waals surface area contributed by atoms with Crippen LogP contribution in [0, 0.1) is 34.5 Å². The van der Waals surface area contributed by atoms with E-state index >= 15 is 4.39 Å². The molecule has 6 nitrogen and oxygen atoms in total. The van der Waals surface area contributed by atoms with Gasteiger partial charge in [0.25, 0.3) is 0 Å². The summed E-state index contributed by atoms with van der Waals surface area (Å²) in [4.78, 5) is 36.7. The van der Waals surface area contributed by atoms with E-state index in [0.29, 0.717) is 24.8 Å². The molecule has 8 heteroatoms. The molecule has 5 rings (SSSR count). The van der Waals surface area contributed by atoms with Crippen molar-refractivity contribution in [1.82, 2.24) is 0 Å². The van der Waals surface area contributed by atoms with E-state index in [1.807, 2.05) is 20.8 Å². The van der Waals surface area contributed by atoms with Crippen LogP contribution < -0.4 is 0 Å². The van der Waals surface area contributed by atoms with Crippen molar-refractivity contribution in [3.05, 3.63) is 11.6 Å². The van der Waals surface area contributed by atoms with Crippen molar-refractivity contribution in [3.8, 4) is 0 Å². The van der Waals surface area contributed by atoms with Gasteiger partial charge >= 0.3 is 5.97 Å². The molecule has 2 N–H and O–H groups in total. The Kier molecular flexibility index (Phi) is 5.05. The molecule has 0 bridgehead atoms. The van der Waals surface area contributed by atoms with Gasteiger partial charge in [-0.25, -0.2) is 4.39 Å². The molecule has 10 atom stereocenters. The number of carboxylic acid groups (broad SMARTS) is 1. The van der Waals surface area contributed by atoms with Gasteiger partial charge in [0, 0.05) is 23.2 Å². The molecule has 1 aliphatic heterocycles. The maximum absolute atomic E-state index is 15.7. The van der Waals surface area contributed by atoms with E-state index in [-0.39, 0.29) is 60.6 Å². The topological polar surface area (TPSA) is 104 Å². The zero-order valence-corrected chi connectivity index (χ0v) is 20.0. The number of carboxylic acids is 1. The third-order valence-electron chi connectivity index (χ3n) is 10.3. The first-order chi connectivity index (χ1) is 15.4. The molecule has 33 heavy (non-hydrogen) atoms. The number of halogens is 2. The molecule has 0 radical (unpaired) electrons. The van der Waals surface area contributed by atoms with Gasteiger partial charge in [-0.15, -0.1) is 11.6 Å². The van der Waals surface area contributed by atoms with Crippen LogP contribution in [0.15, 0.2) is 11.6 Å².